The van der Waals surface area contributed by atoms with Crippen molar-refractivity contribution in [2.45, 2.75) is 45.6 Å². The maximum absolute atomic E-state index is 14.7. The second kappa shape index (κ2) is 10.3. The minimum absolute atomic E-state index is 0.189. The molecule has 0 radical (unpaired) electrons. The number of benzene rings is 3. The molecule has 0 amide bonds. The highest BCUT2D eigenvalue weighted by Gasteiger charge is 2.13. The SMILES string of the molecule is CCCCCCc1ccc(-c2ccc(-c3ccc(OC(F)F)c(F)c3)c(F)c2)cc1. The number of halogens is 4. The zero-order chi connectivity index (χ0) is 21.5. The lowest BCUT2D eigenvalue weighted by Crippen LogP contribution is -2.03. The summed E-state index contributed by atoms with van der Waals surface area (Å²) in [4.78, 5) is 0. The van der Waals surface area contributed by atoms with Crippen LogP contribution in [0.5, 0.6) is 5.75 Å². The first-order valence-electron chi connectivity index (χ1n) is 10.1. The van der Waals surface area contributed by atoms with E-state index in [-0.39, 0.29) is 11.1 Å². The van der Waals surface area contributed by atoms with E-state index >= 15 is 0 Å². The summed E-state index contributed by atoms with van der Waals surface area (Å²) in [7, 11) is 0. The van der Waals surface area contributed by atoms with E-state index in [1.807, 2.05) is 12.1 Å². The van der Waals surface area contributed by atoms with Gasteiger partial charge in [0.05, 0.1) is 0 Å². The van der Waals surface area contributed by atoms with Crippen molar-refractivity contribution in [2.24, 2.45) is 0 Å². The highest BCUT2D eigenvalue weighted by atomic mass is 19.3. The number of unbranched alkanes of at least 4 members (excludes halogenated alkanes) is 3. The van der Waals surface area contributed by atoms with Gasteiger partial charge in [0.25, 0.3) is 0 Å². The molecule has 158 valence electrons. The van der Waals surface area contributed by atoms with Crippen LogP contribution in [0.25, 0.3) is 22.3 Å². The molecule has 0 aliphatic heterocycles. The summed E-state index contributed by atoms with van der Waals surface area (Å²) in [6.45, 7) is -0.934. The second-order valence-electron chi connectivity index (χ2n) is 7.23. The van der Waals surface area contributed by atoms with Gasteiger partial charge < -0.3 is 4.74 Å². The fraction of sp³-hybridized carbons (Fsp3) is 0.280. The lowest BCUT2D eigenvalue weighted by molar-refractivity contribution is -0.0521. The number of alkyl halides is 2. The third-order valence-corrected chi connectivity index (χ3v) is 5.03. The molecule has 0 heterocycles. The summed E-state index contributed by atoms with van der Waals surface area (Å²) >= 11 is 0. The molecule has 0 saturated heterocycles. The predicted molar refractivity (Wildman–Crippen MR) is 112 cm³/mol. The minimum atomic E-state index is -3.12. The maximum atomic E-state index is 14.7. The molecule has 3 aromatic carbocycles. The van der Waals surface area contributed by atoms with Crippen LogP contribution < -0.4 is 4.74 Å². The topological polar surface area (TPSA) is 9.23 Å². The molecule has 3 rings (SSSR count). The van der Waals surface area contributed by atoms with Crippen LogP contribution in [-0.4, -0.2) is 6.61 Å². The molecule has 5 heteroatoms. The van der Waals surface area contributed by atoms with Crippen molar-refractivity contribution >= 4 is 0 Å². The third kappa shape index (κ3) is 5.62. The minimum Gasteiger partial charge on any atom is -0.432 e. The van der Waals surface area contributed by atoms with Crippen molar-refractivity contribution in [1.82, 2.24) is 0 Å². The Bertz CT molecular complexity index is 967. The molecule has 0 aromatic heterocycles. The molecule has 30 heavy (non-hydrogen) atoms. The molecular weight excluding hydrogens is 392 g/mol. The van der Waals surface area contributed by atoms with Gasteiger partial charge in [-0.05, 0) is 53.3 Å². The van der Waals surface area contributed by atoms with Crippen LogP contribution in [0.2, 0.25) is 0 Å². The summed E-state index contributed by atoms with van der Waals surface area (Å²) in [5, 5.41) is 0. The van der Waals surface area contributed by atoms with Gasteiger partial charge in [-0.2, -0.15) is 8.78 Å². The van der Waals surface area contributed by atoms with Gasteiger partial charge in [0.15, 0.2) is 11.6 Å². The normalized spacial score (nSPS) is 11.1. The number of hydrogen-bond donors (Lipinski definition) is 0. The fourth-order valence-corrected chi connectivity index (χ4v) is 3.41. The fourth-order valence-electron chi connectivity index (χ4n) is 3.41. The van der Waals surface area contributed by atoms with E-state index in [4.69, 9.17) is 0 Å². The first kappa shape index (κ1) is 21.9. The van der Waals surface area contributed by atoms with E-state index in [2.05, 4.69) is 23.8 Å². The average Bonchev–Trinajstić information content (AvgIpc) is 2.73. The van der Waals surface area contributed by atoms with Gasteiger partial charge in [0.2, 0.25) is 0 Å². The summed E-state index contributed by atoms with van der Waals surface area (Å²) in [6.07, 6.45) is 5.87. The van der Waals surface area contributed by atoms with E-state index < -0.39 is 24.0 Å². The molecule has 0 aliphatic carbocycles. The van der Waals surface area contributed by atoms with Gasteiger partial charge >= 0.3 is 6.61 Å². The van der Waals surface area contributed by atoms with Gasteiger partial charge in [-0.1, -0.05) is 68.7 Å². The van der Waals surface area contributed by atoms with E-state index in [9.17, 15) is 17.6 Å². The highest BCUT2D eigenvalue weighted by Crippen LogP contribution is 2.31. The van der Waals surface area contributed by atoms with E-state index in [1.165, 1.54) is 37.0 Å². The lowest BCUT2D eigenvalue weighted by atomic mass is 9.98. The van der Waals surface area contributed by atoms with Gasteiger partial charge in [0.1, 0.15) is 5.82 Å². The molecule has 0 bridgehead atoms. The first-order valence-corrected chi connectivity index (χ1v) is 10.1. The summed E-state index contributed by atoms with van der Waals surface area (Å²) < 4.78 is 57.3. The number of ether oxygens (including phenoxy) is 1. The molecular formula is C25H24F4O. The maximum Gasteiger partial charge on any atom is 0.387 e. The second-order valence-corrected chi connectivity index (χ2v) is 7.23. The summed E-state index contributed by atoms with van der Waals surface area (Å²) in [6, 6.07) is 16.2. The largest absolute Gasteiger partial charge is 0.432 e. The Kier molecular flexibility index (Phi) is 7.50. The van der Waals surface area contributed by atoms with Crippen LogP contribution in [0, 0.1) is 11.6 Å². The Hall–Kier alpha value is -2.82. The smallest absolute Gasteiger partial charge is 0.387 e. The molecule has 0 fully saturated rings. The van der Waals surface area contributed by atoms with Gasteiger partial charge in [0, 0.05) is 5.56 Å². The van der Waals surface area contributed by atoms with Gasteiger partial charge in [-0.3, -0.25) is 0 Å². The third-order valence-electron chi connectivity index (χ3n) is 5.03. The highest BCUT2D eigenvalue weighted by molar-refractivity contribution is 5.71. The van der Waals surface area contributed by atoms with Crippen LogP contribution in [0.1, 0.15) is 38.2 Å². The Labute approximate surface area is 174 Å². The van der Waals surface area contributed by atoms with Gasteiger partial charge in [-0.25, -0.2) is 8.78 Å². The molecule has 0 aliphatic rings. The predicted octanol–water partition coefficient (Wildman–Crippen LogP) is 8.02. The van der Waals surface area contributed by atoms with Crippen LogP contribution in [0.4, 0.5) is 17.6 Å². The molecule has 1 nitrogen and oxygen atoms in total. The lowest BCUT2D eigenvalue weighted by Gasteiger charge is -2.10. The van der Waals surface area contributed by atoms with E-state index in [0.29, 0.717) is 5.56 Å². The van der Waals surface area contributed by atoms with Crippen molar-refractivity contribution in [1.29, 1.82) is 0 Å². The number of hydrogen-bond acceptors (Lipinski definition) is 1. The zero-order valence-electron chi connectivity index (χ0n) is 16.8. The van der Waals surface area contributed by atoms with E-state index in [0.717, 1.165) is 30.5 Å². The van der Waals surface area contributed by atoms with E-state index in [1.54, 1.807) is 12.1 Å². The Morgan fingerprint density at radius 1 is 0.733 bits per heavy atom. The van der Waals surface area contributed by atoms with Crippen molar-refractivity contribution in [3.05, 3.63) is 77.9 Å². The van der Waals surface area contributed by atoms with Crippen LogP contribution in [0.15, 0.2) is 60.7 Å². The number of aryl methyl sites for hydroxylation is 1. The van der Waals surface area contributed by atoms with Crippen LogP contribution in [-0.2, 0) is 6.42 Å². The zero-order valence-corrected chi connectivity index (χ0v) is 16.8. The molecule has 0 atom stereocenters. The molecule has 0 spiro atoms. The average molecular weight is 416 g/mol. The summed E-state index contributed by atoms with van der Waals surface area (Å²) in [5.74, 6) is -2.05. The van der Waals surface area contributed by atoms with Crippen molar-refractivity contribution < 1.29 is 22.3 Å². The number of rotatable bonds is 9. The Morgan fingerprint density at radius 3 is 2.03 bits per heavy atom. The monoisotopic (exact) mass is 416 g/mol. The van der Waals surface area contributed by atoms with Crippen LogP contribution in [0.3, 0.4) is 0 Å². The van der Waals surface area contributed by atoms with Crippen LogP contribution >= 0.6 is 0 Å². The quantitative estimate of drug-likeness (QED) is 0.253. The van der Waals surface area contributed by atoms with Crippen molar-refractivity contribution in [3.63, 3.8) is 0 Å². The first-order chi connectivity index (χ1) is 14.5. The molecule has 0 unspecified atom stereocenters. The molecule has 0 N–H and O–H groups in total. The standard InChI is InChI=1S/C25H24F4O/c1-2-3-4-5-6-17-7-9-18(10-8-17)19-11-13-21(22(26)15-19)20-12-14-24(23(27)16-20)30-25(28)29/h7-16,25H,2-6H2,1H3. The van der Waals surface area contributed by atoms with Crippen molar-refractivity contribution in [2.75, 3.05) is 0 Å². The molecule has 0 saturated carbocycles. The molecule has 3 aromatic rings. The Morgan fingerprint density at radius 2 is 1.40 bits per heavy atom. The van der Waals surface area contributed by atoms with Crippen molar-refractivity contribution in [3.8, 4) is 28.0 Å². The van der Waals surface area contributed by atoms with Gasteiger partial charge in [-0.15, -0.1) is 0 Å². The Balaban J connectivity index is 1.74. The summed E-state index contributed by atoms with van der Waals surface area (Å²) in [5.41, 5.74) is 3.31.